The minimum absolute atomic E-state index is 0.109. The number of fused-ring (bicyclic) bond motifs is 1. The third-order valence-corrected chi connectivity index (χ3v) is 8.46. The number of oxazole rings is 1. The van der Waals surface area contributed by atoms with Crippen molar-refractivity contribution in [2.75, 3.05) is 26.2 Å². The maximum Gasteiger partial charge on any atom is 0.420 e. The summed E-state index contributed by atoms with van der Waals surface area (Å²) in [4.78, 5) is 27.3. The number of aromatic nitrogens is 1. The Labute approximate surface area is 189 Å². The number of rotatable bonds is 4. The number of likely N-dealkylation sites (tertiary alicyclic amines) is 1. The van der Waals surface area contributed by atoms with Gasteiger partial charge in [-0.05, 0) is 48.6 Å². The van der Waals surface area contributed by atoms with Crippen molar-refractivity contribution in [3.63, 3.8) is 0 Å². The SMILES string of the molecule is C[C@@H]1C[C@H](C)CN(C(=O)Cn2c(=O)oc3cc(S(=O)(=O)N4C[C@H](C)C[C@H](C)C4)ccc32)C1. The summed E-state index contributed by atoms with van der Waals surface area (Å²) in [7, 11) is -3.69. The first-order valence-electron chi connectivity index (χ1n) is 11.5. The lowest BCUT2D eigenvalue weighted by molar-refractivity contribution is -0.134. The molecular weight excluding hydrogens is 430 g/mol. The Morgan fingerprint density at radius 3 is 2.12 bits per heavy atom. The second-order valence-electron chi connectivity index (χ2n) is 10.1. The van der Waals surface area contributed by atoms with Crippen molar-refractivity contribution >= 4 is 27.0 Å². The van der Waals surface area contributed by atoms with Crippen LogP contribution in [0.5, 0.6) is 0 Å². The lowest BCUT2D eigenvalue weighted by Gasteiger charge is -2.35. The summed E-state index contributed by atoms with van der Waals surface area (Å²) in [6, 6.07) is 4.48. The lowest BCUT2D eigenvalue weighted by atomic mass is 9.92. The number of nitrogens with zero attached hydrogens (tertiary/aromatic N) is 3. The van der Waals surface area contributed by atoms with Crippen LogP contribution < -0.4 is 5.76 Å². The van der Waals surface area contributed by atoms with Crippen molar-refractivity contribution in [3.8, 4) is 0 Å². The molecule has 0 aliphatic carbocycles. The van der Waals surface area contributed by atoms with Gasteiger partial charge in [0.25, 0.3) is 0 Å². The summed E-state index contributed by atoms with van der Waals surface area (Å²) in [5, 5.41) is 0. The van der Waals surface area contributed by atoms with Gasteiger partial charge < -0.3 is 9.32 Å². The Morgan fingerprint density at radius 2 is 1.53 bits per heavy atom. The van der Waals surface area contributed by atoms with E-state index in [1.807, 2.05) is 4.90 Å². The molecule has 1 aromatic heterocycles. The number of benzene rings is 1. The highest BCUT2D eigenvalue weighted by molar-refractivity contribution is 7.89. The maximum atomic E-state index is 13.2. The normalized spacial score (nSPS) is 27.7. The monoisotopic (exact) mass is 463 g/mol. The minimum atomic E-state index is -3.69. The zero-order valence-corrected chi connectivity index (χ0v) is 20.1. The van der Waals surface area contributed by atoms with Gasteiger partial charge in [0.05, 0.1) is 10.4 Å². The number of sulfonamides is 1. The molecule has 32 heavy (non-hydrogen) atoms. The van der Waals surface area contributed by atoms with Gasteiger partial charge in [-0.1, -0.05) is 27.7 Å². The molecule has 0 radical (unpaired) electrons. The molecule has 9 heteroatoms. The van der Waals surface area contributed by atoms with Gasteiger partial charge in [-0.3, -0.25) is 9.36 Å². The highest BCUT2D eigenvalue weighted by Crippen LogP contribution is 2.28. The van der Waals surface area contributed by atoms with Crippen LogP contribution in [0.2, 0.25) is 0 Å². The third kappa shape index (κ3) is 4.50. The molecule has 2 aliphatic rings. The number of hydrogen-bond donors (Lipinski definition) is 0. The van der Waals surface area contributed by atoms with Crippen LogP contribution in [-0.4, -0.2) is 54.3 Å². The molecule has 3 heterocycles. The molecule has 0 N–H and O–H groups in total. The molecule has 0 bridgehead atoms. The number of hydrogen-bond acceptors (Lipinski definition) is 5. The van der Waals surface area contributed by atoms with Gasteiger partial charge in [-0.2, -0.15) is 4.31 Å². The fourth-order valence-electron chi connectivity index (χ4n) is 5.41. The predicted molar refractivity (Wildman–Crippen MR) is 122 cm³/mol. The predicted octanol–water partition coefficient (Wildman–Crippen LogP) is 2.77. The molecule has 0 spiro atoms. The summed E-state index contributed by atoms with van der Waals surface area (Å²) in [5.41, 5.74) is 0.614. The van der Waals surface area contributed by atoms with Crippen molar-refractivity contribution in [1.82, 2.24) is 13.8 Å². The van der Waals surface area contributed by atoms with Gasteiger partial charge in [-0.25, -0.2) is 13.2 Å². The molecular formula is C23H33N3O5S. The van der Waals surface area contributed by atoms with Crippen LogP contribution in [-0.2, 0) is 21.4 Å². The molecule has 1 amide bonds. The van der Waals surface area contributed by atoms with E-state index < -0.39 is 15.8 Å². The maximum absolute atomic E-state index is 13.2. The topological polar surface area (TPSA) is 92.8 Å². The smallest absolute Gasteiger partial charge is 0.408 e. The van der Waals surface area contributed by atoms with Gasteiger partial charge in [0.15, 0.2) is 5.58 Å². The molecule has 2 fully saturated rings. The van der Waals surface area contributed by atoms with Crippen molar-refractivity contribution in [2.24, 2.45) is 23.7 Å². The first kappa shape index (κ1) is 23.0. The number of piperidine rings is 2. The zero-order chi connectivity index (χ0) is 23.2. The zero-order valence-electron chi connectivity index (χ0n) is 19.3. The second kappa shape index (κ2) is 8.67. The molecule has 4 rings (SSSR count). The second-order valence-corrected chi connectivity index (χ2v) is 12.0. The van der Waals surface area contributed by atoms with Crippen LogP contribution in [0.4, 0.5) is 0 Å². The Morgan fingerprint density at radius 1 is 0.969 bits per heavy atom. The van der Waals surface area contributed by atoms with E-state index in [1.165, 1.54) is 21.0 Å². The quantitative estimate of drug-likeness (QED) is 0.695. The fourth-order valence-corrected chi connectivity index (χ4v) is 7.11. The van der Waals surface area contributed by atoms with Crippen LogP contribution in [0.1, 0.15) is 40.5 Å². The summed E-state index contributed by atoms with van der Waals surface area (Å²) < 4.78 is 34.6. The third-order valence-electron chi connectivity index (χ3n) is 6.63. The average Bonchev–Trinajstić information content (AvgIpc) is 3.01. The van der Waals surface area contributed by atoms with Gasteiger partial charge in [0.1, 0.15) is 6.54 Å². The van der Waals surface area contributed by atoms with E-state index in [0.29, 0.717) is 55.4 Å². The van der Waals surface area contributed by atoms with E-state index in [1.54, 1.807) is 6.07 Å². The van der Waals surface area contributed by atoms with Crippen LogP contribution in [0, 0.1) is 23.7 Å². The number of carbonyl (C=O) groups is 1. The fraction of sp³-hybridized carbons (Fsp3) is 0.652. The van der Waals surface area contributed by atoms with Crippen LogP contribution in [0.3, 0.4) is 0 Å². The minimum Gasteiger partial charge on any atom is -0.408 e. The molecule has 176 valence electrons. The Balaban J connectivity index is 1.59. The largest absolute Gasteiger partial charge is 0.420 e. The number of carbonyl (C=O) groups excluding carboxylic acids is 1. The van der Waals surface area contributed by atoms with E-state index in [4.69, 9.17) is 4.42 Å². The molecule has 2 saturated heterocycles. The molecule has 8 nitrogen and oxygen atoms in total. The van der Waals surface area contributed by atoms with E-state index in [2.05, 4.69) is 27.7 Å². The Kier molecular flexibility index (Phi) is 6.24. The molecule has 0 saturated carbocycles. The highest BCUT2D eigenvalue weighted by Gasteiger charge is 2.32. The highest BCUT2D eigenvalue weighted by atomic mass is 32.2. The van der Waals surface area contributed by atoms with Crippen LogP contribution in [0.25, 0.3) is 11.1 Å². The van der Waals surface area contributed by atoms with E-state index in [9.17, 15) is 18.0 Å². The van der Waals surface area contributed by atoms with Crippen molar-refractivity contribution in [1.29, 1.82) is 0 Å². The molecule has 4 atom stereocenters. The van der Waals surface area contributed by atoms with Crippen LogP contribution >= 0.6 is 0 Å². The molecule has 1 aromatic carbocycles. The summed E-state index contributed by atoms with van der Waals surface area (Å²) in [5.74, 6) is 0.662. The number of amides is 1. The standard InChI is InChI=1S/C23H33N3O5S/c1-15-7-16(2)11-24(10-15)22(27)14-26-20-6-5-19(9-21(20)31-23(26)28)32(29,30)25-12-17(3)8-18(4)13-25/h5-6,9,15-18H,7-8,10-14H2,1-4H3/t15-,16+,17-,18+. The van der Waals surface area contributed by atoms with Gasteiger partial charge >= 0.3 is 5.76 Å². The first-order valence-corrected chi connectivity index (χ1v) is 12.9. The first-order chi connectivity index (χ1) is 15.0. The summed E-state index contributed by atoms with van der Waals surface area (Å²) >= 11 is 0. The van der Waals surface area contributed by atoms with E-state index >= 15 is 0 Å². The Hall–Kier alpha value is -2.13. The summed E-state index contributed by atoms with van der Waals surface area (Å²) in [6.07, 6.45) is 2.09. The molecule has 2 aliphatic heterocycles. The molecule has 2 aromatic rings. The van der Waals surface area contributed by atoms with Gasteiger partial charge in [-0.15, -0.1) is 0 Å². The Bertz CT molecular complexity index is 1150. The summed E-state index contributed by atoms with van der Waals surface area (Å²) in [6.45, 7) is 10.6. The lowest BCUT2D eigenvalue weighted by Crippen LogP contribution is -2.44. The van der Waals surface area contributed by atoms with Crippen molar-refractivity contribution < 1.29 is 17.6 Å². The van der Waals surface area contributed by atoms with Gasteiger partial charge in [0, 0.05) is 32.2 Å². The van der Waals surface area contributed by atoms with E-state index in [-0.39, 0.29) is 22.9 Å². The van der Waals surface area contributed by atoms with E-state index in [0.717, 1.165) is 12.8 Å². The van der Waals surface area contributed by atoms with Gasteiger partial charge in [0.2, 0.25) is 15.9 Å². The van der Waals surface area contributed by atoms with Crippen molar-refractivity contribution in [2.45, 2.75) is 52.0 Å². The van der Waals surface area contributed by atoms with Crippen molar-refractivity contribution in [3.05, 3.63) is 28.7 Å². The average molecular weight is 464 g/mol. The van der Waals surface area contributed by atoms with Crippen LogP contribution in [0.15, 0.2) is 32.3 Å². The molecule has 0 unspecified atom stereocenters.